The fourth-order valence-corrected chi connectivity index (χ4v) is 1.32. The van der Waals surface area contributed by atoms with Crippen LogP contribution in [0.5, 0.6) is 0 Å². The predicted octanol–water partition coefficient (Wildman–Crippen LogP) is 2.15. The van der Waals surface area contributed by atoms with E-state index in [4.69, 9.17) is 5.11 Å². The van der Waals surface area contributed by atoms with Crippen LogP contribution in [0.2, 0.25) is 0 Å². The molecule has 0 heterocycles. The predicted molar refractivity (Wildman–Crippen MR) is 57.1 cm³/mol. The van der Waals surface area contributed by atoms with Gasteiger partial charge in [0.1, 0.15) is 0 Å². The summed E-state index contributed by atoms with van der Waals surface area (Å²) in [5.41, 5.74) is 2.11. The van der Waals surface area contributed by atoms with Crippen LogP contribution in [0.25, 0.3) is 0 Å². The van der Waals surface area contributed by atoms with E-state index in [1.807, 2.05) is 37.9 Å². The van der Waals surface area contributed by atoms with Crippen LogP contribution >= 0.6 is 0 Å². The summed E-state index contributed by atoms with van der Waals surface area (Å²) in [6.07, 6.45) is 0. The summed E-state index contributed by atoms with van der Waals surface area (Å²) in [6, 6.07) is 5.47. The van der Waals surface area contributed by atoms with E-state index >= 15 is 0 Å². The molecule has 1 aromatic carbocycles. The number of rotatable bonds is 3. The Kier molecular flexibility index (Phi) is 3.12. The standard InChI is InChI=1S/C11H15NO2/c1-4-12(3)10-6-5-8(2)7-9(10)11(13)14/h5-7H,4H2,1-3H3,(H,13,14). The molecule has 0 amide bonds. The lowest BCUT2D eigenvalue weighted by atomic mass is 10.1. The number of carboxylic acids is 1. The first-order valence-electron chi connectivity index (χ1n) is 4.61. The summed E-state index contributed by atoms with van der Waals surface area (Å²) in [5, 5.41) is 9.01. The number of hydrogen-bond donors (Lipinski definition) is 1. The number of anilines is 1. The van der Waals surface area contributed by atoms with Crippen molar-refractivity contribution in [1.29, 1.82) is 0 Å². The van der Waals surface area contributed by atoms with Crippen molar-refractivity contribution in [2.75, 3.05) is 18.5 Å². The van der Waals surface area contributed by atoms with Gasteiger partial charge < -0.3 is 10.0 Å². The molecule has 14 heavy (non-hydrogen) atoms. The van der Waals surface area contributed by atoms with Crippen molar-refractivity contribution < 1.29 is 9.90 Å². The van der Waals surface area contributed by atoms with E-state index < -0.39 is 5.97 Å². The van der Waals surface area contributed by atoms with Gasteiger partial charge in [0.25, 0.3) is 0 Å². The van der Waals surface area contributed by atoms with Gasteiger partial charge in [-0.15, -0.1) is 0 Å². The SMILES string of the molecule is CCN(C)c1ccc(C)cc1C(=O)O. The number of aryl methyl sites for hydroxylation is 1. The topological polar surface area (TPSA) is 40.5 Å². The highest BCUT2D eigenvalue weighted by atomic mass is 16.4. The van der Waals surface area contributed by atoms with Crippen LogP contribution in [0.3, 0.4) is 0 Å². The lowest BCUT2D eigenvalue weighted by molar-refractivity contribution is 0.0697. The molecule has 0 aliphatic rings. The minimum Gasteiger partial charge on any atom is -0.478 e. The highest BCUT2D eigenvalue weighted by Gasteiger charge is 2.12. The summed E-state index contributed by atoms with van der Waals surface area (Å²) in [4.78, 5) is 12.9. The number of hydrogen-bond acceptors (Lipinski definition) is 2. The zero-order valence-electron chi connectivity index (χ0n) is 8.74. The van der Waals surface area contributed by atoms with Gasteiger partial charge in [0, 0.05) is 13.6 Å². The molecule has 0 spiro atoms. The van der Waals surface area contributed by atoms with Crippen molar-refractivity contribution >= 4 is 11.7 Å². The molecule has 0 fully saturated rings. The number of nitrogens with zero attached hydrogens (tertiary/aromatic N) is 1. The van der Waals surface area contributed by atoms with Crippen molar-refractivity contribution in [3.63, 3.8) is 0 Å². The largest absolute Gasteiger partial charge is 0.478 e. The van der Waals surface area contributed by atoms with E-state index in [1.165, 1.54) is 0 Å². The molecule has 0 atom stereocenters. The maximum absolute atomic E-state index is 11.0. The fourth-order valence-electron chi connectivity index (χ4n) is 1.32. The third-order valence-corrected chi connectivity index (χ3v) is 2.27. The van der Waals surface area contributed by atoms with Gasteiger partial charge in [0.2, 0.25) is 0 Å². The Bertz CT molecular complexity index is 347. The minimum absolute atomic E-state index is 0.370. The second-order valence-corrected chi connectivity index (χ2v) is 3.34. The third kappa shape index (κ3) is 2.05. The normalized spacial score (nSPS) is 9.93. The van der Waals surface area contributed by atoms with Crippen LogP contribution in [0.1, 0.15) is 22.8 Å². The molecule has 3 nitrogen and oxygen atoms in total. The van der Waals surface area contributed by atoms with E-state index in [-0.39, 0.29) is 0 Å². The molecule has 0 saturated carbocycles. The number of aromatic carboxylic acids is 1. The molecule has 0 aromatic heterocycles. The second kappa shape index (κ2) is 4.13. The molecule has 0 radical (unpaired) electrons. The number of carboxylic acid groups (broad SMARTS) is 1. The van der Waals surface area contributed by atoms with Crippen LogP contribution in [0.4, 0.5) is 5.69 Å². The van der Waals surface area contributed by atoms with Crippen molar-refractivity contribution in [3.8, 4) is 0 Å². The summed E-state index contributed by atoms with van der Waals surface area (Å²) in [5.74, 6) is -0.871. The monoisotopic (exact) mass is 193 g/mol. The highest BCUT2D eigenvalue weighted by Crippen LogP contribution is 2.20. The van der Waals surface area contributed by atoms with Crippen LogP contribution in [-0.2, 0) is 0 Å². The lowest BCUT2D eigenvalue weighted by Gasteiger charge is -2.19. The highest BCUT2D eigenvalue weighted by molar-refractivity contribution is 5.94. The van der Waals surface area contributed by atoms with Crippen molar-refractivity contribution in [2.45, 2.75) is 13.8 Å². The van der Waals surface area contributed by atoms with E-state index in [0.717, 1.165) is 17.8 Å². The molecule has 1 aromatic rings. The molecule has 1 rings (SSSR count). The van der Waals surface area contributed by atoms with Gasteiger partial charge in [-0.3, -0.25) is 0 Å². The van der Waals surface area contributed by atoms with Gasteiger partial charge in [-0.2, -0.15) is 0 Å². The molecule has 76 valence electrons. The second-order valence-electron chi connectivity index (χ2n) is 3.34. The van der Waals surface area contributed by atoms with Gasteiger partial charge in [0.05, 0.1) is 11.3 Å². The Morgan fingerprint density at radius 3 is 2.64 bits per heavy atom. The van der Waals surface area contributed by atoms with Crippen LogP contribution in [0.15, 0.2) is 18.2 Å². The Labute approximate surface area is 84.0 Å². The molecule has 0 aliphatic carbocycles. The smallest absolute Gasteiger partial charge is 0.337 e. The summed E-state index contributed by atoms with van der Waals surface area (Å²) in [7, 11) is 1.89. The fraction of sp³-hybridized carbons (Fsp3) is 0.364. The Balaban J connectivity index is 3.21. The van der Waals surface area contributed by atoms with Gasteiger partial charge in [-0.1, -0.05) is 11.6 Å². The van der Waals surface area contributed by atoms with Crippen LogP contribution in [-0.4, -0.2) is 24.7 Å². The maximum atomic E-state index is 11.0. The first-order valence-corrected chi connectivity index (χ1v) is 4.61. The molecular weight excluding hydrogens is 178 g/mol. The first-order chi connectivity index (χ1) is 6.56. The van der Waals surface area contributed by atoms with Gasteiger partial charge >= 0.3 is 5.97 Å². The number of carbonyl (C=O) groups is 1. The van der Waals surface area contributed by atoms with Gasteiger partial charge in [-0.05, 0) is 26.0 Å². The summed E-state index contributed by atoms with van der Waals surface area (Å²) < 4.78 is 0. The van der Waals surface area contributed by atoms with E-state index in [0.29, 0.717) is 5.56 Å². The summed E-state index contributed by atoms with van der Waals surface area (Å²) in [6.45, 7) is 4.68. The molecule has 0 aliphatic heterocycles. The first kappa shape index (κ1) is 10.6. The molecule has 3 heteroatoms. The molecule has 0 bridgehead atoms. The van der Waals surface area contributed by atoms with E-state index in [1.54, 1.807) is 6.07 Å². The molecule has 0 unspecified atom stereocenters. The van der Waals surface area contributed by atoms with Crippen molar-refractivity contribution in [2.24, 2.45) is 0 Å². The average molecular weight is 193 g/mol. The maximum Gasteiger partial charge on any atom is 0.337 e. The zero-order valence-corrected chi connectivity index (χ0v) is 8.74. The van der Waals surface area contributed by atoms with Crippen molar-refractivity contribution in [3.05, 3.63) is 29.3 Å². The van der Waals surface area contributed by atoms with E-state index in [2.05, 4.69) is 0 Å². The van der Waals surface area contributed by atoms with E-state index in [9.17, 15) is 4.79 Å². The van der Waals surface area contributed by atoms with Crippen LogP contribution in [0, 0.1) is 6.92 Å². The minimum atomic E-state index is -0.871. The van der Waals surface area contributed by atoms with Crippen LogP contribution < -0.4 is 4.90 Å². The zero-order chi connectivity index (χ0) is 10.7. The van der Waals surface area contributed by atoms with Crippen molar-refractivity contribution in [1.82, 2.24) is 0 Å². The quantitative estimate of drug-likeness (QED) is 0.799. The molecular formula is C11H15NO2. The third-order valence-electron chi connectivity index (χ3n) is 2.27. The Morgan fingerprint density at radius 2 is 2.14 bits per heavy atom. The number of benzene rings is 1. The lowest BCUT2D eigenvalue weighted by Crippen LogP contribution is -2.19. The van der Waals surface area contributed by atoms with Gasteiger partial charge in [0.15, 0.2) is 0 Å². The Morgan fingerprint density at radius 1 is 1.50 bits per heavy atom. The summed E-state index contributed by atoms with van der Waals surface area (Å²) >= 11 is 0. The Hall–Kier alpha value is -1.51. The molecule has 1 N–H and O–H groups in total. The van der Waals surface area contributed by atoms with Gasteiger partial charge in [-0.25, -0.2) is 4.79 Å². The molecule has 0 saturated heterocycles. The average Bonchev–Trinajstić information content (AvgIpc) is 2.16.